The molecule has 0 aliphatic carbocycles. The molecular weight excluding hydrogens is 324 g/mol. The maximum Gasteiger partial charge on any atom is 0.324 e. The Hall–Kier alpha value is -0.570. The van der Waals surface area contributed by atoms with Crippen LogP contribution in [0.25, 0.3) is 0 Å². The summed E-state index contributed by atoms with van der Waals surface area (Å²) in [5, 5.41) is 0. The number of ketones is 2. The molecule has 6 nitrogen and oxygen atoms in total. The van der Waals surface area contributed by atoms with E-state index >= 15 is 0 Å². The lowest BCUT2D eigenvalue weighted by Crippen LogP contribution is -2.39. The standard InChI is InChI=1S/C14H26N2O4S2/c1-5-9(17)6-12(18)10(15)7-21-22-8-11(16)13(19)20-14(2,3)4/h10-11H,5-8,15-16H2,1-4H3/t10-,11-/m0/s1. The minimum absolute atomic E-state index is 0.106. The van der Waals surface area contributed by atoms with Crippen molar-refractivity contribution in [2.45, 2.75) is 58.2 Å². The molecule has 0 heterocycles. The molecule has 0 saturated heterocycles. The van der Waals surface area contributed by atoms with E-state index in [4.69, 9.17) is 16.2 Å². The summed E-state index contributed by atoms with van der Waals surface area (Å²) in [6.07, 6.45) is 0.228. The van der Waals surface area contributed by atoms with Gasteiger partial charge < -0.3 is 16.2 Å². The maximum absolute atomic E-state index is 11.7. The Kier molecular flexibility index (Phi) is 9.99. The van der Waals surface area contributed by atoms with Gasteiger partial charge in [0.15, 0.2) is 5.78 Å². The monoisotopic (exact) mass is 350 g/mol. The molecule has 0 aromatic heterocycles. The third-order valence-electron chi connectivity index (χ3n) is 2.47. The fourth-order valence-electron chi connectivity index (χ4n) is 1.23. The van der Waals surface area contributed by atoms with Crippen LogP contribution in [-0.2, 0) is 19.1 Å². The van der Waals surface area contributed by atoms with Crippen LogP contribution in [0.2, 0.25) is 0 Å². The zero-order chi connectivity index (χ0) is 17.3. The van der Waals surface area contributed by atoms with Crippen LogP contribution in [0.3, 0.4) is 0 Å². The third kappa shape index (κ3) is 10.2. The molecule has 0 aromatic rings. The Labute approximate surface area is 139 Å². The highest BCUT2D eigenvalue weighted by atomic mass is 33.1. The predicted molar refractivity (Wildman–Crippen MR) is 91.6 cm³/mol. The minimum Gasteiger partial charge on any atom is -0.459 e. The number of hydrogen-bond donors (Lipinski definition) is 2. The summed E-state index contributed by atoms with van der Waals surface area (Å²) in [6.45, 7) is 7.05. The Balaban J connectivity index is 3.94. The quantitative estimate of drug-likeness (QED) is 0.262. The van der Waals surface area contributed by atoms with Crippen molar-refractivity contribution in [2.24, 2.45) is 11.5 Å². The van der Waals surface area contributed by atoms with Gasteiger partial charge in [-0.2, -0.15) is 0 Å². The number of esters is 1. The molecule has 128 valence electrons. The van der Waals surface area contributed by atoms with Crippen LogP contribution in [0.15, 0.2) is 0 Å². The highest BCUT2D eigenvalue weighted by Gasteiger charge is 2.22. The molecule has 0 spiro atoms. The van der Waals surface area contributed by atoms with Crippen LogP contribution in [0.5, 0.6) is 0 Å². The van der Waals surface area contributed by atoms with Crippen LogP contribution in [-0.4, -0.2) is 46.7 Å². The number of rotatable bonds is 10. The van der Waals surface area contributed by atoms with Gasteiger partial charge in [-0.05, 0) is 20.8 Å². The lowest BCUT2D eigenvalue weighted by molar-refractivity contribution is -0.155. The van der Waals surface area contributed by atoms with Gasteiger partial charge in [0.05, 0.1) is 12.5 Å². The molecule has 0 amide bonds. The van der Waals surface area contributed by atoms with E-state index in [2.05, 4.69) is 0 Å². The van der Waals surface area contributed by atoms with Crippen LogP contribution < -0.4 is 11.5 Å². The van der Waals surface area contributed by atoms with Gasteiger partial charge in [-0.25, -0.2) is 0 Å². The van der Waals surface area contributed by atoms with Gasteiger partial charge in [-0.1, -0.05) is 28.5 Å². The Morgan fingerprint density at radius 3 is 2.00 bits per heavy atom. The third-order valence-corrected chi connectivity index (χ3v) is 4.94. The second kappa shape index (κ2) is 10.3. The zero-order valence-corrected chi connectivity index (χ0v) is 15.2. The molecule has 0 rings (SSSR count). The van der Waals surface area contributed by atoms with Gasteiger partial charge in [0.25, 0.3) is 0 Å². The molecule has 0 aliphatic rings. The SMILES string of the molecule is CCC(=O)CC(=O)[C@@H](N)CSSC[C@H](N)C(=O)OC(C)(C)C. The summed E-state index contributed by atoms with van der Waals surface area (Å²) in [7, 11) is 2.72. The Morgan fingerprint density at radius 1 is 1.05 bits per heavy atom. The van der Waals surface area contributed by atoms with Crippen molar-refractivity contribution >= 4 is 39.1 Å². The molecule has 0 unspecified atom stereocenters. The molecule has 22 heavy (non-hydrogen) atoms. The first-order valence-corrected chi connectivity index (χ1v) is 9.58. The molecule has 8 heteroatoms. The van der Waals surface area contributed by atoms with Gasteiger partial charge in [0, 0.05) is 17.9 Å². The van der Waals surface area contributed by atoms with Crippen molar-refractivity contribution < 1.29 is 19.1 Å². The normalized spacial score (nSPS) is 14.3. The van der Waals surface area contributed by atoms with E-state index in [0.717, 1.165) is 0 Å². The van der Waals surface area contributed by atoms with E-state index < -0.39 is 23.7 Å². The Morgan fingerprint density at radius 2 is 1.55 bits per heavy atom. The average molecular weight is 351 g/mol. The van der Waals surface area contributed by atoms with Crippen LogP contribution in [0.1, 0.15) is 40.5 Å². The van der Waals surface area contributed by atoms with Crippen molar-refractivity contribution in [2.75, 3.05) is 11.5 Å². The second-order valence-corrected chi connectivity index (χ2v) is 8.40. The highest BCUT2D eigenvalue weighted by Crippen LogP contribution is 2.23. The van der Waals surface area contributed by atoms with Gasteiger partial charge in [0.2, 0.25) is 0 Å². The van der Waals surface area contributed by atoms with Crippen molar-refractivity contribution in [1.29, 1.82) is 0 Å². The largest absolute Gasteiger partial charge is 0.459 e. The fourth-order valence-corrected chi connectivity index (χ4v) is 3.50. The molecule has 0 fully saturated rings. The number of hydrogen-bond acceptors (Lipinski definition) is 8. The molecule has 4 N–H and O–H groups in total. The summed E-state index contributed by atoms with van der Waals surface area (Å²) in [5.74, 6) is -0.0634. The number of ether oxygens (including phenoxy) is 1. The van der Waals surface area contributed by atoms with Gasteiger partial charge in [-0.3, -0.25) is 14.4 Å². The van der Waals surface area contributed by atoms with Gasteiger partial charge >= 0.3 is 5.97 Å². The van der Waals surface area contributed by atoms with Crippen LogP contribution in [0, 0.1) is 0 Å². The first kappa shape index (κ1) is 21.4. The summed E-state index contributed by atoms with van der Waals surface area (Å²) >= 11 is 0. The molecule has 0 radical (unpaired) electrons. The number of nitrogens with two attached hydrogens (primary N) is 2. The average Bonchev–Trinajstić information content (AvgIpc) is 2.40. The van der Waals surface area contributed by atoms with E-state index in [1.807, 2.05) is 0 Å². The lowest BCUT2D eigenvalue weighted by Gasteiger charge is -2.22. The summed E-state index contributed by atoms with van der Waals surface area (Å²) in [6, 6.07) is -1.39. The highest BCUT2D eigenvalue weighted by molar-refractivity contribution is 8.76. The second-order valence-electron chi connectivity index (χ2n) is 5.85. The minimum atomic E-state index is -0.717. The Bertz CT molecular complexity index is 397. The van der Waals surface area contributed by atoms with E-state index in [9.17, 15) is 14.4 Å². The molecular formula is C14H26N2O4S2. The summed E-state index contributed by atoms with van der Waals surface area (Å²) in [4.78, 5) is 34.5. The molecule has 2 atom stereocenters. The summed E-state index contributed by atoms with van der Waals surface area (Å²) in [5.41, 5.74) is 10.9. The molecule has 0 saturated carbocycles. The van der Waals surface area contributed by atoms with Crippen molar-refractivity contribution in [3.63, 3.8) is 0 Å². The first-order chi connectivity index (χ1) is 10.1. The van der Waals surface area contributed by atoms with Crippen LogP contribution in [0.4, 0.5) is 0 Å². The number of carbonyl (C=O) groups excluding carboxylic acids is 3. The molecule has 0 bridgehead atoms. The van der Waals surface area contributed by atoms with Crippen LogP contribution >= 0.6 is 21.6 Å². The van der Waals surface area contributed by atoms with E-state index in [0.29, 0.717) is 17.9 Å². The zero-order valence-electron chi connectivity index (χ0n) is 13.6. The smallest absolute Gasteiger partial charge is 0.324 e. The lowest BCUT2D eigenvalue weighted by atomic mass is 10.1. The van der Waals surface area contributed by atoms with Crippen molar-refractivity contribution in [3.05, 3.63) is 0 Å². The molecule has 0 aromatic carbocycles. The number of carbonyl (C=O) groups is 3. The first-order valence-electron chi connectivity index (χ1n) is 7.09. The number of Topliss-reactive ketones (excluding diaryl/α,β-unsaturated/α-hetero) is 2. The van der Waals surface area contributed by atoms with E-state index in [-0.39, 0.29) is 18.0 Å². The predicted octanol–water partition coefficient (Wildman–Crippen LogP) is 1.30. The van der Waals surface area contributed by atoms with Crippen molar-refractivity contribution in [3.8, 4) is 0 Å². The van der Waals surface area contributed by atoms with Crippen molar-refractivity contribution in [1.82, 2.24) is 0 Å². The van der Waals surface area contributed by atoms with E-state index in [1.54, 1.807) is 27.7 Å². The van der Waals surface area contributed by atoms with E-state index in [1.165, 1.54) is 21.6 Å². The van der Waals surface area contributed by atoms with Gasteiger partial charge in [-0.15, -0.1) is 0 Å². The van der Waals surface area contributed by atoms with Gasteiger partial charge in [0.1, 0.15) is 17.4 Å². The maximum atomic E-state index is 11.7. The molecule has 0 aliphatic heterocycles. The topological polar surface area (TPSA) is 112 Å². The fraction of sp³-hybridized carbons (Fsp3) is 0.786. The summed E-state index contributed by atoms with van der Waals surface area (Å²) < 4.78 is 5.17.